The maximum Gasteiger partial charge on any atom is 0.242 e. The van der Waals surface area contributed by atoms with Gasteiger partial charge in [0.2, 0.25) is 11.8 Å². The van der Waals surface area contributed by atoms with Crippen molar-refractivity contribution in [3.8, 4) is 0 Å². The van der Waals surface area contributed by atoms with E-state index in [1.165, 1.54) is 0 Å². The summed E-state index contributed by atoms with van der Waals surface area (Å²) in [5, 5.41) is 2.58. The number of halogens is 1. The van der Waals surface area contributed by atoms with E-state index >= 15 is 0 Å². The fourth-order valence-corrected chi connectivity index (χ4v) is 1.96. The second kappa shape index (κ2) is 4.77. The Morgan fingerprint density at radius 1 is 1.57 bits per heavy atom. The monoisotopic (exact) mass is 262 g/mol. The van der Waals surface area contributed by atoms with Crippen molar-refractivity contribution in [2.24, 2.45) is 0 Å². The molecule has 0 radical (unpaired) electrons. The van der Waals surface area contributed by atoms with Gasteiger partial charge in [0, 0.05) is 13.6 Å². The van der Waals surface area contributed by atoms with Crippen molar-refractivity contribution in [2.75, 3.05) is 13.6 Å². The number of alkyl halides is 1. The summed E-state index contributed by atoms with van der Waals surface area (Å²) in [7, 11) is 1.60. The predicted molar refractivity (Wildman–Crippen MR) is 57.2 cm³/mol. The van der Waals surface area contributed by atoms with Crippen LogP contribution in [0.2, 0.25) is 0 Å². The molecule has 0 saturated carbocycles. The summed E-state index contributed by atoms with van der Waals surface area (Å²) < 4.78 is 0. The number of nitrogens with one attached hydrogen (secondary N) is 1. The van der Waals surface area contributed by atoms with Gasteiger partial charge in [0.05, 0.1) is 4.83 Å². The molecule has 1 fully saturated rings. The van der Waals surface area contributed by atoms with Gasteiger partial charge in [-0.25, -0.2) is 0 Å². The van der Waals surface area contributed by atoms with E-state index in [0.717, 1.165) is 12.8 Å². The lowest BCUT2D eigenvalue weighted by Gasteiger charge is -2.24. The molecule has 0 aromatic heterocycles. The van der Waals surface area contributed by atoms with E-state index in [1.54, 1.807) is 18.9 Å². The Morgan fingerprint density at radius 2 is 2.21 bits per heavy atom. The maximum absolute atomic E-state index is 11.7. The number of likely N-dealkylation sites (tertiary alicyclic amines) is 1. The van der Waals surface area contributed by atoms with Crippen LogP contribution < -0.4 is 5.32 Å². The van der Waals surface area contributed by atoms with Crippen molar-refractivity contribution in [3.63, 3.8) is 0 Å². The van der Waals surface area contributed by atoms with Gasteiger partial charge in [-0.3, -0.25) is 9.59 Å². The molecule has 14 heavy (non-hydrogen) atoms. The molecule has 0 bridgehead atoms. The van der Waals surface area contributed by atoms with Gasteiger partial charge >= 0.3 is 0 Å². The van der Waals surface area contributed by atoms with Crippen LogP contribution >= 0.6 is 15.9 Å². The minimum absolute atomic E-state index is 0.00361. The van der Waals surface area contributed by atoms with E-state index < -0.39 is 0 Å². The van der Waals surface area contributed by atoms with Crippen molar-refractivity contribution in [2.45, 2.75) is 30.6 Å². The van der Waals surface area contributed by atoms with Gasteiger partial charge in [-0.15, -0.1) is 0 Å². The van der Waals surface area contributed by atoms with Gasteiger partial charge in [0.1, 0.15) is 6.04 Å². The van der Waals surface area contributed by atoms with Crippen LogP contribution in [0.5, 0.6) is 0 Å². The first-order valence-electron chi connectivity index (χ1n) is 4.74. The number of rotatable bonds is 2. The summed E-state index contributed by atoms with van der Waals surface area (Å²) in [5.74, 6) is -0.0694. The third-order valence-electron chi connectivity index (χ3n) is 2.43. The summed E-state index contributed by atoms with van der Waals surface area (Å²) >= 11 is 3.23. The fraction of sp³-hybridized carbons (Fsp3) is 0.778. The van der Waals surface area contributed by atoms with E-state index in [1.807, 2.05) is 0 Å². The summed E-state index contributed by atoms with van der Waals surface area (Å²) in [5.41, 5.74) is 0. The van der Waals surface area contributed by atoms with Crippen molar-refractivity contribution >= 4 is 27.7 Å². The molecular formula is C9H15BrN2O2. The summed E-state index contributed by atoms with van der Waals surface area (Å²) in [6.45, 7) is 2.47. The van der Waals surface area contributed by atoms with E-state index in [2.05, 4.69) is 21.2 Å². The number of carbonyl (C=O) groups is 2. The smallest absolute Gasteiger partial charge is 0.242 e. The minimum atomic E-state index is -0.271. The van der Waals surface area contributed by atoms with Crippen LogP contribution in [-0.2, 0) is 9.59 Å². The highest BCUT2D eigenvalue weighted by Crippen LogP contribution is 2.19. The number of hydrogen-bond acceptors (Lipinski definition) is 2. The molecular weight excluding hydrogens is 248 g/mol. The number of hydrogen-bond donors (Lipinski definition) is 1. The Morgan fingerprint density at radius 3 is 2.71 bits per heavy atom. The van der Waals surface area contributed by atoms with Crippen LogP contribution in [0.4, 0.5) is 0 Å². The number of nitrogens with zero attached hydrogens (tertiary/aromatic N) is 1. The zero-order valence-electron chi connectivity index (χ0n) is 8.42. The maximum atomic E-state index is 11.7. The van der Waals surface area contributed by atoms with Crippen LogP contribution in [0.3, 0.4) is 0 Å². The minimum Gasteiger partial charge on any atom is -0.357 e. The Bertz CT molecular complexity index is 243. The molecule has 2 atom stereocenters. The zero-order valence-corrected chi connectivity index (χ0v) is 10.0. The first-order chi connectivity index (χ1) is 6.57. The zero-order chi connectivity index (χ0) is 10.7. The van der Waals surface area contributed by atoms with E-state index in [9.17, 15) is 9.59 Å². The van der Waals surface area contributed by atoms with E-state index in [0.29, 0.717) is 6.54 Å². The van der Waals surface area contributed by atoms with E-state index in [4.69, 9.17) is 0 Å². The molecule has 2 amide bonds. The SMILES string of the molecule is CNC(=O)[C@H]1CCCN1C(=O)[C@@H](C)Br. The van der Waals surface area contributed by atoms with Gasteiger partial charge < -0.3 is 10.2 Å². The topological polar surface area (TPSA) is 49.4 Å². The second-order valence-corrected chi connectivity index (χ2v) is 4.79. The lowest BCUT2D eigenvalue weighted by Crippen LogP contribution is -2.46. The highest BCUT2D eigenvalue weighted by molar-refractivity contribution is 9.10. The Hall–Kier alpha value is -0.580. The molecule has 0 aromatic carbocycles. The lowest BCUT2D eigenvalue weighted by atomic mass is 10.2. The molecule has 1 aliphatic rings. The first kappa shape index (κ1) is 11.5. The Balaban J connectivity index is 2.68. The molecule has 0 aliphatic carbocycles. The number of carbonyl (C=O) groups excluding carboxylic acids is 2. The highest BCUT2D eigenvalue weighted by atomic mass is 79.9. The van der Waals surface area contributed by atoms with Gasteiger partial charge in [0.25, 0.3) is 0 Å². The van der Waals surface area contributed by atoms with Gasteiger partial charge in [-0.1, -0.05) is 15.9 Å². The first-order valence-corrected chi connectivity index (χ1v) is 5.65. The molecule has 4 nitrogen and oxygen atoms in total. The Labute approximate surface area is 92.2 Å². The second-order valence-electron chi connectivity index (χ2n) is 3.42. The standard InChI is InChI=1S/C9H15BrN2O2/c1-6(10)9(14)12-5-3-4-7(12)8(13)11-2/h6-7H,3-5H2,1-2H3,(H,11,13)/t6-,7-/m1/s1. The van der Waals surface area contributed by atoms with Crippen LogP contribution in [0, 0.1) is 0 Å². The largest absolute Gasteiger partial charge is 0.357 e. The fourth-order valence-electron chi connectivity index (χ4n) is 1.70. The molecule has 80 valence electrons. The van der Waals surface area contributed by atoms with Crippen molar-refractivity contribution in [3.05, 3.63) is 0 Å². The molecule has 0 unspecified atom stereocenters. The Kier molecular flexibility index (Phi) is 3.92. The normalized spacial score (nSPS) is 23.4. The lowest BCUT2D eigenvalue weighted by molar-refractivity contribution is -0.137. The molecule has 0 aromatic rings. The van der Waals surface area contributed by atoms with Crippen molar-refractivity contribution in [1.29, 1.82) is 0 Å². The summed E-state index contributed by atoms with van der Waals surface area (Å²) in [6, 6.07) is -0.271. The van der Waals surface area contributed by atoms with Crippen molar-refractivity contribution in [1.82, 2.24) is 10.2 Å². The van der Waals surface area contributed by atoms with Gasteiger partial charge in [-0.05, 0) is 19.8 Å². The molecule has 1 heterocycles. The van der Waals surface area contributed by atoms with Crippen LogP contribution in [0.25, 0.3) is 0 Å². The van der Waals surface area contributed by atoms with Crippen LogP contribution in [0.15, 0.2) is 0 Å². The highest BCUT2D eigenvalue weighted by Gasteiger charge is 2.34. The number of amides is 2. The third-order valence-corrected chi connectivity index (χ3v) is 2.82. The molecule has 1 aliphatic heterocycles. The summed E-state index contributed by atoms with van der Waals surface area (Å²) in [4.78, 5) is 24.5. The quantitative estimate of drug-likeness (QED) is 0.738. The molecule has 0 spiro atoms. The van der Waals surface area contributed by atoms with E-state index in [-0.39, 0.29) is 22.7 Å². The third kappa shape index (κ3) is 2.26. The van der Waals surface area contributed by atoms with Crippen LogP contribution in [-0.4, -0.2) is 41.2 Å². The van der Waals surface area contributed by atoms with Gasteiger partial charge in [0.15, 0.2) is 0 Å². The average Bonchev–Trinajstić information content (AvgIpc) is 2.63. The molecule has 1 saturated heterocycles. The predicted octanol–water partition coefficient (Wildman–Crippen LogP) is 0.507. The number of likely N-dealkylation sites (N-methyl/N-ethyl adjacent to an activating group) is 1. The summed E-state index contributed by atoms with van der Waals surface area (Å²) in [6.07, 6.45) is 1.68. The molecule has 5 heteroatoms. The van der Waals surface area contributed by atoms with Gasteiger partial charge in [-0.2, -0.15) is 0 Å². The van der Waals surface area contributed by atoms with Crippen molar-refractivity contribution < 1.29 is 9.59 Å². The average molecular weight is 263 g/mol. The van der Waals surface area contributed by atoms with Crippen LogP contribution in [0.1, 0.15) is 19.8 Å². The molecule has 1 rings (SSSR count). The molecule has 1 N–H and O–H groups in total.